The molecule has 0 spiro atoms. The van der Waals surface area contributed by atoms with E-state index < -0.39 is 0 Å². The number of benzene rings is 5. The summed E-state index contributed by atoms with van der Waals surface area (Å²) in [5.41, 5.74) is 5.50. The Morgan fingerprint density at radius 3 is 1.77 bits per heavy atom. The van der Waals surface area contributed by atoms with Crippen LogP contribution in [0.1, 0.15) is 35.1 Å². The molecule has 0 unspecified atom stereocenters. The normalized spacial score (nSPS) is 11.3. The van der Waals surface area contributed by atoms with Crippen LogP contribution in [0.5, 0.6) is 0 Å². The third-order valence-corrected chi connectivity index (χ3v) is 6.75. The molecule has 176 valence electrons. The van der Waals surface area contributed by atoms with Gasteiger partial charge in [-0.05, 0) is 75.7 Å². The fourth-order valence-corrected chi connectivity index (χ4v) is 4.94. The van der Waals surface area contributed by atoms with Crippen molar-refractivity contribution in [3.63, 3.8) is 0 Å². The van der Waals surface area contributed by atoms with Crippen LogP contribution in [0.25, 0.3) is 21.5 Å². The molecule has 35 heavy (non-hydrogen) atoms. The zero-order valence-electron chi connectivity index (χ0n) is 20.3. The molecular formula is C33H34N2. The lowest BCUT2D eigenvalue weighted by molar-refractivity contribution is 0.622. The summed E-state index contributed by atoms with van der Waals surface area (Å²) < 4.78 is 0. The SMILES string of the molecule is c1ccc(CCCCNCc2cccc(CNCc3c4ccccc4cc4ccccc34)c2)cc1. The largest absolute Gasteiger partial charge is 0.313 e. The predicted octanol–water partition coefficient (Wildman–Crippen LogP) is 7.40. The number of fused-ring (bicyclic) bond motifs is 2. The van der Waals surface area contributed by atoms with Crippen molar-refractivity contribution in [2.45, 2.75) is 38.9 Å². The molecule has 0 aliphatic rings. The first-order chi connectivity index (χ1) is 17.4. The fraction of sp³-hybridized carbons (Fsp3) is 0.212. The van der Waals surface area contributed by atoms with Crippen molar-refractivity contribution in [1.29, 1.82) is 0 Å². The first kappa shape index (κ1) is 23.3. The Morgan fingerprint density at radius 2 is 1.06 bits per heavy atom. The molecule has 5 aromatic rings. The molecule has 2 heteroatoms. The van der Waals surface area contributed by atoms with Gasteiger partial charge in [0.15, 0.2) is 0 Å². The van der Waals surface area contributed by atoms with Gasteiger partial charge in [-0.1, -0.05) is 103 Å². The Kier molecular flexibility index (Phi) is 7.85. The molecule has 2 nitrogen and oxygen atoms in total. The summed E-state index contributed by atoms with van der Waals surface area (Å²) in [6.45, 7) is 3.70. The Labute approximate surface area is 209 Å². The van der Waals surface area contributed by atoms with Crippen molar-refractivity contribution in [2.75, 3.05) is 6.54 Å². The first-order valence-corrected chi connectivity index (χ1v) is 12.8. The zero-order valence-corrected chi connectivity index (χ0v) is 20.3. The van der Waals surface area contributed by atoms with E-state index in [2.05, 4.69) is 120 Å². The lowest BCUT2D eigenvalue weighted by Crippen LogP contribution is -2.16. The number of nitrogens with one attached hydrogen (secondary N) is 2. The van der Waals surface area contributed by atoms with E-state index in [0.29, 0.717) is 0 Å². The summed E-state index contributed by atoms with van der Waals surface area (Å²) in [5.74, 6) is 0. The summed E-state index contributed by atoms with van der Waals surface area (Å²) in [7, 11) is 0. The van der Waals surface area contributed by atoms with E-state index in [1.54, 1.807) is 0 Å². The van der Waals surface area contributed by atoms with Gasteiger partial charge in [0.2, 0.25) is 0 Å². The molecule has 5 rings (SSSR count). The van der Waals surface area contributed by atoms with Gasteiger partial charge in [-0.15, -0.1) is 0 Å². The quantitative estimate of drug-likeness (QED) is 0.159. The Morgan fingerprint density at radius 1 is 0.457 bits per heavy atom. The summed E-state index contributed by atoms with van der Waals surface area (Å²) in [4.78, 5) is 0. The molecule has 0 radical (unpaired) electrons. The number of rotatable bonds is 11. The monoisotopic (exact) mass is 458 g/mol. The molecule has 0 aliphatic heterocycles. The minimum Gasteiger partial charge on any atom is -0.313 e. The highest BCUT2D eigenvalue weighted by molar-refractivity contribution is 6.02. The summed E-state index contributed by atoms with van der Waals surface area (Å²) in [5, 5.41) is 12.6. The predicted molar refractivity (Wildman–Crippen MR) is 150 cm³/mol. The third kappa shape index (κ3) is 6.16. The molecular weight excluding hydrogens is 424 g/mol. The van der Waals surface area contributed by atoms with Gasteiger partial charge in [-0.25, -0.2) is 0 Å². The molecule has 0 fully saturated rings. The lowest BCUT2D eigenvalue weighted by atomic mass is 9.96. The highest BCUT2D eigenvalue weighted by atomic mass is 14.9. The topological polar surface area (TPSA) is 24.1 Å². The summed E-state index contributed by atoms with van der Waals surface area (Å²) >= 11 is 0. The lowest BCUT2D eigenvalue weighted by Gasteiger charge is -2.13. The van der Waals surface area contributed by atoms with E-state index >= 15 is 0 Å². The van der Waals surface area contributed by atoms with E-state index in [4.69, 9.17) is 0 Å². The zero-order chi connectivity index (χ0) is 23.7. The van der Waals surface area contributed by atoms with Crippen LogP contribution in [0.2, 0.25) is 0 Å². The van der Waals surface area contributed by atoms with Gasteiger partial charge in [0.05, 0.1) is 0 Å². The number of hydrogen-bond donors (Lipinski definition) is 2. The van der Waals surface area contributed by atoms with Crippen molar-refractivity contribution in [1.82, 2.24) is 10.6 Å². The van der Waals surface area contributed by atoms with Gasteiger partial charge in [-0.3, -0.25) is 0 Å². The average molecular weight is 459 g/mol. The van der Waals surface area contributed by atoms with Crippen LogP contribution in [0, 0.1) is 0 Å². The molecule has 0 aliphatic carbocycles. The van der Waals surface area contributed by atoms with Crippen LogP contribution in [0.3, 0.4) is 0 Å². The molecule has 5 aromatic carbocycles. The Balaban J connectivity index is 1.13. The highest BCUT2D eigenvalue weighted by Crippen LogP contribution is 2.28. The number of aryl methyl sites for hydroxylation is 1. The van der Waals surface area contributed by atoms with Gasteiger partial charge in [0, 0.05) is 19.6 Å². The smallest absolute Gasteiger partial charge is 0.0221 e. The van der Waals surface area contributed by atoms with E-state index in [9.17, 15) is 0 Å². The Hall–Kier alpha value is -3.46. The molecule has 0 saturated carbocycles. The van der Waals surface area contributed by atoms with Gasteiger partial charge >= 0.3 is 0 Å². The first-order valence-electron chi connectivity index (χ1n) is 12.8. The fourth-order valence-electron chi connectivity index (χ4n) is 4.94. The molecule has 2 N–H and O–H groups in total. The van der Waals surface area contributed by atoms with Crippen LogP contribution in [0.15, 0.2) is 109 Å². The molecule has 0 heterocycles. The van der Waals surface area contributed by atoms with Gasteiger partial charge in [0.1, 0.15) is 0 Å². The second kappa shape index (κ2) is 11.8. The van der Waals surface area contributed by atoms with E-state index in [1.165, 1.54) is 56.6 Å². The number of hydrogen-bond acceptors (Lipinski definition) is 2. The second-order valence-electron chi connectivity index (χ2n) is 9.34. The highest BCUT2D eigenvalue weighted by Gasteiger charge is 2.07. The van der Waals surface area contributed by atoms with Crippen molar-refractivity contribution in [3.8, 4) is 0 Å². The van der Waals surface area contributed by atoms with Crippen LogP contribution in [-0.4, -0.2) is 6.54 Å². The maximum absolute atomic E-state index is 3.71. The maximum Gasteiger partial charge on any atom is 0.0221 e. The average Bonchev–Trinajstić information content (AvgIpc) is 2.91. The molecule has 0 amide bonds. The minimum absolute atomic E-state index is 0.853. The van der Waals surface area contributed by atoms with Gasteiger partial charge < -0.3 is 10.6 Å². The van der Waals surface area contributed by atoms with Crippen LogP contribution < -0.4 is 10.6 Å². The van der Waals surface area contributed by atoms with E-state index in [-0.39, 0.29) is 0 Å². The van der Waals surface area contributed by atoms with Crippen LogP contribution in [-0.2, 0) is 26.1 Å². The molecule has 0 atom stereocenters. The van der Waals surface area contributed by atoms with E-state index in [1.807, 2.05) is 0 Å². The number of unbranched alkanes of at least 4 members (excludes halogenated alkanes) is 1. The molecule has 0 aromatic heterocycles. The summed E-state index contributed by atoms with van der Waals surface area (Å²) in [6, 6.07) is 39.4. The van der Waals surface area contributed by atoms with Crippen molar-refractivity contribution < 1.29 is 0 Å². The van der Waals surface area contributed by atoms with Crippen molar-refractivity contribution in [3.05, 3.63) is 131 Å². The molecule has 0 saturated heterocycles. The molecule has 0 bridgehead atoms. The van der Waals surface area contributed by atoms with Gasteiger partial charge in [0.25, 0.3) is 0 Å². The second-order valence-corrected chi connectivity index (χ2v) is 9.34. The Bertz CT molecular complexity index is 1320. The van der Waals surface area contributed by atoms with E-state index in [0.717, 1.165) is 32.6 Å². The van der Waals surface area contributed by atoms with Crippen LogP contribution >= 0.6 is 0 Å². The summed E-state index contributed by atoms with van der Waals surface area (Å²) in [6.07, 6.45) is 3.59. The minimum atomic E-state index is 0.853. The van der Waals surface area contributed by atoms with Crippen molar-refractivity contribution >= 4 is 21.5 Å². The van der Waals surface area contributed by atoms with Crippen LogP contribution in [0.4, 0.5) is 0 Å². The van der Waals surface area contributed by atoms with Crippen molar-refractivity contribution in [2.24, 2.45) is 0 Å². The standard InChI is InChI=1S/C33H34N2/c1-2-11-26(12-3-1)13-8-9-20-34-23-27-14-10-15-28(21-27)24-35-25-33-31-18-6-4-16-29(31)22-30-17-5-7-19-32(30)33/h1-7,10-12,14-19,21-22,34-35H,8-9,13,20,23-25H2. The van der Waals surface area contributed by atoms with Gasteiger partial charge in [-0.2, -0.15) is 0 Å². The third-order valence-electron chi connectivity index (χ3n) is 6.75. The maximum atomic E-state index is 3.71.